The lowest BCUT2D eigenvalue weighted by Gasteiger charge is -2.11. The van der Waals surface area contributed by atoms with E-state index >= 15 is 0 Å². The van der Waals surface area contributed by atoms with E-state index in [-0.39, 0.29) is 10.6 Å². The normalized spacial score (nSPS) is 10.7. The quantitative estimate of drug-likeness (QED) is 0.0917. The van der Waals surface area contributed by atoms with Gasteiger partial charge in [-0.25, -0.2) is 9.59 Å². The van der Waals surface area contributed by atoms with Crippen molar-refractivity contribution in [2.75, 3.05) is 21.3 Å². The summed E-state index contributed by atoms with van der Waals surface area (Å²) in [5.41, 5.74) is 2.12. The number of amides is 4. The van der Waals surface area contributed by atoms with Crippen LogP contribution in [0, 0.1) is 0 Å². The predicted octanol–water partition coefficient (Wildman–Crippen LogP) is 7.83. The molecular formula is C32H26N4O6S2. The molecule has 0 spiro atoms. The van der Waals surface area contributed by atoms with Crippen molar-refractivity contribution in [1.29, 1.82) is 0 Å². The Morgan fingerprint density at radius 3 is 1.59 bits per heavy atom. The van der Waals surface area contributed by atoms with E-state index < -0.39 is 22.2 Å². The molecule has 4 amide bonds. The number of carbonyl (C=O) groups excluding carboxylic acids is 2. The summed E-state index contributed by atoms with van der Waals surface area (Å²) in [6, 6.07) is 36.0. The van der Waals surface area contributed by atoms with E-state index in [1.807, 2.05) is 24.3 Å². The fraction of sp³-hybridized carbons (Fsp3) is 0. The number of hydrogen-bond donors (Lipinski definition) is 4. The second-order valence-corrected chi connectivity index (χ2v) is 11.5. The topological polar surface area (TPSA) is 135 Å². The number of hydrogen-bond acceptors (Lipinski definition) is 7. The smallest absolute Gasteiger partial charge is 0.339 e. The zero-order valence-electron chi connectivity index (χ0n) is 23.0. The minimum absolute atomic E-state index is 0.0254. The molecule has 0 heterocycles. The van der Waals surface area contributed by atoms with Crippen molar-refractivity contribution in [1.82, 2.24) is 0 Å². The molecule has 0 aliphatic carbocycles. The molecule has 0 aliphatic rings. The first-order valence-electron chi connectivity index (χ1n) is 13.2. The summed E-state index contributed by atoms with van der Waals surface area (Å²) in [6.45, 7) is 0. The predicted molar refractivity (Wildman–Crippen MR) is 172 cm³/mol. The monoisotopic (exact) mass is 626 g/mol. The Kier molecular flexibility index (Phi) is 9.64. The molecular weight excluding hydrogens is 601 g/mol. The van der Waals surface area contributed by atoms with E-state index in [0.717, 1.165) is 12.0 Å². The van der Waals surface area contributed by atoms with Gasteiger partial charge in [-0.05, 0) is 66.7 Å². The van der Waals surface area contributed by atoms with Crippen LogP contribution in [0.25, 0.3) is 0 Å². The second-order valence-electron chi connectivity index (χ2n) is 9.12. The first-order chi connectivity index (χ1) is 21.3. The fourth-order valence-electron chi connectivity index (χ4n) is 3.83. The van der Waals surface area contributed by atoms with Gasteiger partial charge in [-0.1, -0.05) is 54.6 Å². The number of carbonyl (C=O) groups is 2. The van der Waals surface area contributed by atoms with Crippen LogP contribution >= 0.6 is 12.0 Å². The fourth-order valence-corrected chi connectivity index (χ4v) is 5.48. The summed E-state index contributed by atoms with van der Waals surface area (Å²) >= 11 is 0.947. The lowest BCUT2D eigenvalue weighted by molar-refractivity contribution is 0.261. The van der Waals surface area contributed by atoms with Crippen LogP contribution in [0.3, 0.4) is 0 Å². The number of urea groups is 2. The molecule has 44 heavy (non-hydrogen) atoms. The van der Waals surface area contributed by atoms with Crippen LogP contribution in [0.15, 0.2) is 143 Å². The highest BCUT2D eigenvalue weighted by atomic mass is 32.2. The van der Waals surface area contributed by atoms with Crippen LogP contribution in [0.1, 0.15) is 0 Å². The molecule has 0 aliphatic heterocycles. The Morgan fingerprint density at radius 1 is 0.523 bits per heavy atom. The van der Waals surface area contributed by atoms with Crippen molar-refractivity contribution in [2.24, 2.45) is 0 Å². The SMILES string of the molecule is O=C(Nc1ccccc1)Nc1cccc(OSc2cccc(S(=O)(=O)Oc3cccc(NC(=O)Nc4ccccc4)c3)c2)c1. The lowest BCUT2D eigenvalue weighted by Crippen LogP contribution is -2.19. The van der Waals surface area contributed by atoms with Crippen molar-refractivity contribution >= 4 is 57.0 Å². The Balaban J connectivity index is 1.18. The molecule has 5 aromatic rings. The summed E-state index contributed by atoms with van der Waals surface area (Å²) in [6.07, 6.45) is 0. The van der Waals surface area contributed by atoms with Crippen LogP contribution in [0.2, 0.25) is 0 Å². The van der Waals surface area contributed by atoms with Crippen molar-refractivity contribution in [3.05, 3.63) is 133 Å². The van der Waals surface area contributed by atoms with E-state index in [9.17, 15) is 18.0 Å². The van der Waals surface area contributed by atoms with Crippen LogP contribution < -0.4 is 29.6 Å². The van der Waals surface area contributed by atoms with Gasteiger partial charge in [0.15, 0.2) is 0 Å². The number of benzene rings is 5. The van der Waals surface area contributed by atoms with Gasteiger partial charge in [-0.2, -0.15) is 8.42 Å². The average molecular weight is 627 g/mol. The van der Waals surface area contributed by atoms with Crippen LogP contribution in [0.5, 0.6) is 11.5 Å². The number of para-hydroxylation sites is 2. The summed E-state index contributed by atoms with van der Waals surface area (Å²) in [7, 11) is -4.21. The highest BCUT2D eigenvalue weighted by Crippen LogP contribution is 2.29. The molecule has 5 aromatic carbocycles. The third-order valence-corrected chi connectivity index (χ3v) is 7.75. The zero-order chi connectivity index (χ0) is 30.8. The van der Waals surface area contributed by atoms with Gasteiger partial charge < -0.3 is 29.6 Å². The van der Waals surface area contributed by atoms with Crippen molar-refractivity contribution in [3.8, 4) is 11.5 Å². The molecule has 12 heteroatoms. The van der Waals surface area contributed by atoms with Gasteiger partial charge in [0.2, 0.25) is 0 Å². The highest BCUT2D eigenvalue weighted by molar-refractivity contribution is 7.95. The molecule has 0 fully saturated rings. The molecule has 10 nitrogen and oxygen atoms in total. The summed E-state index contributed by atoms with van der Waals surface area (Å²) in [4.78, 5) is 25.0. The van der Waals surface area contributed by atoms with Gasteiger partial charge >= 0.3 is 22.2 Å². The van der Waals surface area contributed by atoms with E-state index in [0.29, 0.717) is 33.4 Å². The molecule has 0 saturated heterocycles. The summed E-state index contributed by atoms with van der Waals surface area (Å²) in [5.74, 6) is 0.468. The van der Waals surface area contributed by atoms with Gasteiger partial charge in [-0.3, -0.25) is 0 Å². The molecule has 0 unspecified atom stereocenters. The molecule has 222 valence electrons. The van der Waals surface area contributed by atoms with E-state index in [1.54, 1.807) is 84.9 Å². The summed E-state index contributed by atoms with van der Waals surface area (Å²) in [5, 5.41) is 10.8. The molecule has 0 aromatic heterocycles. The van der Waals surface area contributed by atoms with Crippen LogP contribution in [-0.4, -0.2) is 20.5 Å². The molecule has 0 bridgehead atoms. The maximum atomic E-state index is 13.1. The van der Waals surface area contributed by atoms with Gasteiger partial charge in [0.1, 0.15) is 16.4 Å². The van der Waals surface area contributed by atoms with Gasteiger partial charge in [0, 0.05) is 39.8 Å². The van der Waals surface area contributed by atoms with Crippen molar-refractivity contribution < 1.29 is 26.4 Å². The maximum Gasteiger partial charge on any atom is 0.339 e. The largest absolute Gasteiger partial charge is 0.421 e. The minimum Gasteiger partial charge on any atom is -0.421 e. The molecule has 0 saturated carbocycles. The van der Waals surface area contributed by atoms with Crippen molar-refractivity contribution in [2.45, 2.75) is 9.79 Å². The molecule has 0 radical (unpaired) electrons. The van der Waals surface area contributed by atoms with Crippen molar-refractivity contribution in [3.63, 3.8) is 0 Å². The second kappa shape index (κ2) is 14.1. The van der Waals surface area contributed by atoms with Crippen LogP contribution in [-0.2, 0) is 10.1 Å². The number of nitrogens with one attached hydrogen (secondary N) is 4. The van der Waals surface area contributed by atoms with Gasteiger partial charge in [-0.15, -0.1) is 0 Å². The van der Waals surface area contributed by atoms with E-state index in [4.69, 9.17) is 8.37 Å². The molecule has 5 rings (SSSR count). The molecule has 0 atom stereocenters. The van der Waals surface area contributed by atoms with Crippen LogP contribution in [0.4, 0.5) is 32.3 Å². The Labute approximate surface area is 258 Å². The number of rotatable bonds is 10. The standard InChI is InChI=1S/C32H26N4O6S2/c37-31(33-23-10-3-1-4-11-23)35-25-14-7-16-27(20-25)41-43-29-18-9-19-30(22-29)44(39,40)42-28-17-8-15-26(21-28)36-32(38)34-24-12-5-2-6-13-24/h1-22H,(H2,33,35,37)(H2,34,36,38). The lowest BCUT2D eigenvalue weighted by atomic mass is 10.3. The average Bonchev–Trinajstić information content (AvgIpc) is 3.01. The maximum absolute atomic E-state index is 13.1. The summed E-state index contributed by atoms with van der Waals surface area (Å²) < 4.78 is 37.2. The zero-order valence-corrected chi connectivity index (χ0v) is 24.6. The Morgan fingerprint density at radius 2 is 1.00 bits per heavy atom. The third-order valence-electron chi connectivity index (χ3n) is 5.78. The van der Waals surface area contributed by atoms with Gasteiger partial charge in [0.25, 0.3) is 0 Å². The number of anilines is 4. The van der Waals surface area contributed by atoms with E-state index in [2.05, 4.69) is 21.3 Å². The first kappa shape index (κ1) is 30.0. The highest BCUT2D eigenvalue weighted by Gasteiger charge is 2.18. The Hall–Kier alpha value is -5.46. The Bertz CT molecular complexity index is 1860. The molecule has 4 N–H and O–H groups in total. The third kappa shape index (κ3) is 8.77. The van der Waals surface area contributed by atoms with E-state index in [1.165, 1.54) is 24.3 Å². The first-order valence-corrected chi connectivity index (χ1v) is 15.3. The minimum atomic E-state index is -4.21. The van der Waals surface area contributed by atoms with Gasteiger partial charge in [0.05, 0.1) is 12.0 Å².